The SMILES string of the molecule is Cn1nc(-c2ccc(F)cc2)c(-c2ccc3nc(N)cn3n2)c1N1CCNCC1. The van der Waals surface area contributed by atoms with Crippen LogP contribution < -0.4 is 16.0 Å². The van der Waals surface area contributed by atoms with E-state index in [9.17, 15) is 4.39 Å². The maximum atomic E-state index is 13.5. The van der Waals surface area contributed by atoms with Crippen molar-refractivity contribution in [3.63, 3.8) is 0 Å². The lowest BCUT2D eigenvalue weighted by Gasteiger charge is -2.30. The molecule has 0 saturated carbocycles. The number of nitrogens with zero attached hydrogens (tertiary/aromatic N) is 6. The topological polar surface area (TPSA) is 89.3 Å². The number of nitrogens with two attached hydrogens (primary N) is 1. The van der Waals surface area contributed by atoms with Gasteiger partial charge in [0.2, 0.25) is 0 Å². The van der Waals surface area contributed by atoms with E-state index in [1.165, 1.54) is 12.1 Å². The van der Waals surface area contributed by atoms with Gasteiger partial charge in [0.1, 0.15) is 23.1 Å². The van der Waals surface area contributed by atoms with E-state index in [4.69, 9.17) is 15.9 Å². The summed E-state index contributed by atoms with van der Waals surface area (Å²) in [6.07, 6.45) is 1.69. The molecule has 3 N–H and O–H groups in total. The third kappa shape index (κ3) is 3.09. The zero-order valence-corrected chi connectivity index (χ0v) is 16.0. The van der Waals surface area contributed by atoms with Gasteiger partial charge in [-0.15, -0.1) is 0 Å². The van der Waals surface area contributed by atoms with Crippen LogP contribution in [0.4, 0.5) is 16.0 Å². The first-order valence-electron chi connectivity index (χ1n) is 9.51. The third-order valence-electron chi connectivity index (χ3n) is 5.15. The molecule has 4 aromatic rings. The van der Waals surface area contributed by atoms with E-state index in [1.54, 1.807) is 22.8 Å². The molecule has 1 aliphatic rings. The van der Waals surface area contributed by atoms with Crippen LogP contribution in [0.3, 0.4) is 0 Å². The number of halogens is 1. The molecule has 0 radical (unpaired) electrons. The quantitative estimate of drug-likeness (QED) is 0.554. The van der Waals surface area contributed by atoms with Gasteiger partial charge in [-0.05, 0) is 36.4 Å². The second kappa shape index (κ2) is 6.85. The van der Waals surface area contributed by atoms with Crippen LogP contribution in [0, 0.1) is 5.82 Å². The zero-order valence-electron chi connectivity index (χ0n) is 16.0. The number of aromatic nitrogens is 5. The standard InChI is InChI=1S/C20H21FN8/c1-27-20(28-10-8-23-9-11-28)18(19(26-27)13-2-4-14(21)5-3-13)15-6-7-17-24-16(22)12-29(17)25-15/h2-7,12,23H,8-11,22H2,1H3. The van der Waals surface area contributed by atoms with Crippen molar-refractivity contribution in [1.29, 1.82) is 0 Å². The summed E-state index contributed by atoms with van der Waals surface area (Å²) >= 11 is 0. The number of nitrogens with one attached hydrogen (secondary N) is 1. The number of hydrogen-bond acceptors (Lipinski definition) is 6. The number of hydrogen-bond donors (Lipinski definition) is 2. The van der Waals surface area contributed by atoms with Gasteiger partial charge in [0, 0.05) is 38.8 Å². The first-order chi connectivity index (χ1) is 14.1. The number of nitrogen functional groups attached to an aromatic ring is 1. The van der Waals surface area contributed by atoms with Crippen LogP contribution in [0.25, 0.3) is 28.2 Å². The van der Waals surface area contributed by atoms with E-state index < -0.39 is 0 Å². The molecule has 1 aromatic carbocycles. The summed E-state index contributed by atoms with van der Waals surface area (Å²) in [4.78, 5) is 6.56. The Labute approximate surface area is 166 Å². The Hall–Kier alpha value is -3.46. The van der Waals surface area contributed by atoms with Gasteiger partial charge >= 0.3 is 0 Å². The van der Waals surface area contributed by atoms with Crippen molar-refractivity contribution in [2.24, 2.45) is 7.05 Å². The van der Waals surface area contributed by atoms with Crippen LogP contribution in [0.2, 0.25) is 0 Å². The van der Waals surface area contributed by atoms with Crippen molar-refractivity contribution in [3.8, 4) is 22.5 Å². The lowest BCUT2D eigenvalue weighted by molar-refractivity contribution is 0.573. The molecule has 0 bridgehead atoms. The lowest BCUT2D eigenvalue weighted by Crippen LogP contribution is -2.44. The molecule has 0 aliphatic carbocycles. The molecule has 148 valence electrons. The number of fused-ring (bicyclic) bond motifs is 1. The average Bonchev–Trinajstić information content (AvgIpc) is 3.27. The largest absolute Gasteiger partial charge is 0.382 e. The van der Waals surface area contributed by atoms with E-state index in [-0.39, 0.29) is 5.82 Å². The second-order valence-electron chi connectivity index (χ2n) is 7.10. The van der Waals surface area contributed by atoms with Gasteiger partial charge < -0.3 is 16.0 Å². The van der Waals surface area contributed by atoms with Gasteiger partial charge in [-0.3, -0.25) is 4.68 Å². The fraction of sp³-hybridized carbons (Fsp3) is 0.250. The van der Waals surface area contributed by atoms with Gasteiger partial charge in [-0.1, -0.05) is 0 Å². The molecule has 1 saturated heterocycles. The molecule has 8 nitrogen and oxygen atoms in total. The van der Waals surface area contributed by atoms with Crippen molar-refractivity contribution >= 4 is 17.3 Å². The normalized spacial score (nSPS) is 14.6. The third-order valence-corrected chi connectivity index (χ3v) is 5.15. The van der Waals surface area contributed by atoms with Crippen molar-refractivity contribution in [3.05, 3.63) is 48.4 Å². The molecule has 0 atom stereocenters. The van der Waals surface area contributed by atoms with Gasteiger partial charge in [0.15, 0.2) is 5.65 Å². The van der Waals surface area contributed by atoms with Crippen LogP contribution in [0.15, 0.2) is 42.6 Å². The fourth-order valence-electron chi connectivity index (χ4n) is 3.83. The molecule has 1 aliphatic heterocycles. The highest BCUT2D eigenvalue weighted by Gasteiger charge is 2.26. The highest BCUT2D eigenvalue weighted by Crippen LogP contribution is 2.38. The van der Waals surface area contributed by atoms with E-state index in [0.29, 0.717) is 11.5 Å². The maximum Gasteiger partial charge on any atom is 0.156 e. The van der Waals surface area contributed by atoms with E-state index in [1.807, 2.05) is 23.9 Å². The van der Waals surface area contributed by atoms with Gasteiger partial charge in [-0.25, -0.2) is 13.9 Å². The van der Waals surface area contributed by atoms with Crippen molar-refractivity contribution < 1.29 is 4.39 Å². The smallest absolute Gasteiger partial charge is 0.156 e. The fourth-order valence-corrected chi connectivity index (χ4v) is 3.83. The molecule has 0 unspecified atom stereocenters. The highest BCUT2D eigenvalue weighted by atomic mass is 19.1. The monoisotopic (exact) mass is 392 g/mol. The minimum atomic E-state index is -0.276. The van der Waals surface area contributed by atoms with Crippen LogP contribution >= 0.6 is 0 Å². The Bertz CT molecular complexity index is 1170. The average molecular weight is 392 g/mol. The van der Waals surface area contributed by atoms with Crippen molar-refractivity contribution in [2.75, 3.05) is 36.8 Å². The Morgan fingerprint density at radius 2 is 1.79 bits per heavy atom. The summed E-state index contributed by atoms with van der Waals surface area (Å²) in [6.45, 7) is 3.55. The van der Waals surface area contributed by atoms with Crippen LogP contribution in [0.1, 0.15) is 0 Å². The molecule has 9 heteroatoms. The van der Waals surface area contributed by atoms with E-state index in [0.717, 1.165) is 54.5 Å². The predicted octanol–water partition coefficient (Wildman–Crippen LogP) is 1.93. The zero-order chi connectivity index (χ0) is 20.0. The maximum absolute atomic E-state index is 13.5. The summed E-state index contributed by atoms with van der Waals surface area (Å²) in [5.74, 6) is 1.13. The van der Waals surface area contributed by atoms with Gasteiger partial charge in [0.05, 0.1) is 17.5 Å². The number of piperazine rings is 1. The number of aryl methyl sites for hydroxylation is 1. The molecule has 1 fully saturated rings. The molecule has 0 spiro atoms. The van der Waals surface area contributed by atoms with Crippen molar-refractivity contribution in [1.82, 2.24) is 29.7 Å². The van der Waals surface area contributed by atoms with Gasteiger partial charge in [-0.2, -0.15) is 10.2 Å². The van der Waals surface area contributed by atoms with Gasteiger partial charge in [0.25, 0.3) is 0 Å². The number of rotatable bonds is 3. The number of benzene rings is 1. The molecule has 0 amide bonds. The van der Waals surface area contributed by atoms with Crippen LogP contribution in [-0.4, -0.2) is 50.6 Å². The minimum Gasteiger partial charge on any atom is -0.382 e. The van der Waals surface area contributed by atoms with E-state index >= 15 is 0 Å². The minimum absolute atomic E-state index is 0.276. The lowest BCUT2D eigenvalue weighted by atomic mass is 10.0. The first-order valence-corrected chi connectivity index (χ1v) is 9.51. The summed E-state index contributed by atoms with van der Waals surface area (Å²) in [5.41, 5.74) is 9.78. The predicted molar refractivity (Wildman–Crippen MR) is 110 cm³/mol. The number of imidazole rings is 1. The molecule has 4 heterocycles. The van der Waals surface area contributed by atoms with Crippen molar-refractivity contribution in [2.45, 2.75) is 0 Å². The molecule has 3 aromatic heterocycles. The highest BCUT2D eigenvalue weighted by molar-refractivity contribution is 5.88. The summed E-state index contributed by atoms with van der Waals surface area (Å²) in [6, 6.07) is 10.2. The summed E-state index contributed by atoms with van der Waals surface area (Å²) in [5, 5.41) is 12.9. The second-order valence-corrected chi connectivity index (χ2v) is 7.10. The Morgan fingerprint density at radius 3 is 2.55 bits per heavy atom. The molecule has 5 rings (SSSR count). The Kier molecular flexibility index (Phi) is 4.17. The first kappa shape index (κ1) is 17.6. The van der Waals surface area contributed by atoms with E-state index in [2.05, 4.69) is 15.2 Å². The Balaban J connectivity index is 1.73. The summed E-state index contributed by atoms with van der Waals surface area (Å²) < 4.78 is 17.1. The van der Waals surface area contributed by atoms with Crippen LogP contribution in [0.5, 0.6) is 0 Å². The molecule has 29 heavy (non-hydrogen) atoms. The molecular weight excluding hydrogens is 371 g/mol. The summed E-state index contributed by atoms with van der Waals surface area (Å²) in [7, 11) is 1.93. The Morgan fingerprint density at radius 1 is 1.03 bits per heavy atom. The van der Waals surface area contributed by atoms with Crippen LogP contribution in [-0.2, 0) is 7.05 Å². The molecular formula is C20H21FN8. The number of anilines is 2.